The summed E-state index contributed by atoms with van der Waals surface area (Å²) in [6, 6.07) is 0. The Morgan fingerprint density at radius 3 is 1.05 bits per heavy atom. The van der Waals surface area contributed by atoms with E-state index in [0.717, 1.165) is 12.5 Å². The summed E-state index contributed by atoms with van der Waals surface area (Å²) >= 11 is 0. The van der Waals surface area contributed by atoms with E-state index in [1.165, 1.54) is 0 Å². The zero-order valence-electron chi connectivity index (χ0n) is 12.0. The highest BCUT2D eigenvalue weighted by Gasteiger charge is 2.36. The van der Waals surface area contributed by atoms with Crippen LogP contribution in [0.2, 0.25) is 0 Å². The highest BCUT2D eigenvalue weighted by atomic mass is 32.3. The molecule has 0 atom stereocenters. The number of nitrogens with zero attached hydrogens (tertiary/aromatic N) is 2. The molecule has 22 heavy (non-hydrogen) atoms. The Balaban J connectivity index is 0.000000220. The van der Waals surface area contributed by atoms with Crippen molar-refractivity contribution in [3.05, 3.63) is 0 Å². The Hall–Kier alpha value is -0.280. The second-order valence-electron chi connectivity index (χ2n) is 4.86. The van der Waals surface area contributed by atoms with Crippen LogP contribution in [0.15, 0.2) is 0 Å². The monoisotopic (exact) mass is 398 g/mol. The summed E-state index contributed by atoms with van der Waals surface area (Å²) in [4.78, 5) is 0. The molecule has 2 saturated heterocycles. The van der Waals surface area contributed by atoms with E-state index in [1.54, 1.807) is 0 Å². The molecule has 2 aliphatic heterocycles. The molecule has 14 heteroatoms. The van der Waals surface area contributed by atoms with Crippen molar-refractivity contribution in [3.63, 3.8) is 0 Å². The minimum absolute atomic E-state index is 0.0555. The van der Waals surface area contributed by atoms with Crippen LogP contribution in [-0.4, -0.2) is 78.2 Å². The molecule has 0 aromatic rings. The zero-order chi connectivity index (χ0) is 17.4. The fourth-order valence-electron chi connectivity index (χ4n) is 1.98. The van der Waals surface area contributed by atoms with Gasteiger partial charge in [0.1, 0.15) is 0 Å². The van der Waals surface area contributed by atoms with Gasteiger partial charge in [-0.05, 0) is 12.8 Å². The fourth-order valence-corrected chi connectivity index (χ4v) is 8.86. The van der Waals surface area contributed by atoms with Gasteiger partial charge in [0.2, 0.25) is 40.1 Å². The van der Waals surface area contributed by atoms with Crippen LogP contribution in [0, 0.1) is 0 Å². The van der Waals surface area contributed by atoms with Crippen molar-refractivity contribution in [3.8, 4) is 0 Å². The van der Waals surface area contributed by atoms with Crippen molar-refractivity contribution in [2.75, 3.05) is 37.1 Å². The molecule has 0 saturated carbocycles. The molecule has 0 N–H and O–H groups in total. The third kappa shape index (κ3) is 4.86. The van der Waals surface area contributed by atoms with E-state index in [9.17, 15) is 33.7 Å². The van der Waals surface area contributed by atoms with Gasteiger partial charge in [0.05, 0.1) is 24.0 Å². The van der Waals surface area contributed by atoms with Crippen molar-refractivity contribution < 1.29 is 33.7 Å². The summed E-state index contributed by atoms with van der Waals surface area (Å²) < 4.78 is 88.1. The van der Waals surface area contributed by atoms with Crippen molar-refractivity contribution in [1.82, 2.24) is 7.42 Å². The van der Waals surface area contributed by atoms with Gasteiger partial charge in [0, 0.05) is 13.1 Å². The average Bonchev–Trinajstić information content (AvgIpc) is 2.79. The second kappa shape index (κ2) is 6.32. The zero-order valence-corrected chi connectivity index (χ0v) is 15.3. The molecule has 2 fully saturated rings. The van der Waals surface area contributed by atoms with E-state index in [-0.39, 0.29) is 24.6 Å². The van der Waals surface area contributed by atoms with E-state index in [0.29, 0.717) is 20.3 Å². The van der Waals surface area contributed by atoms with Crippen molar-refractivity contribution >= 4 is 40.1 Å². The van der Waals surface area contributed by atoms with Gasteiger partial charge in [-0.2, -0.15) is 0 Å². The third-order valence-electron chi connectivity index (χ3n) is 2.85. The van der Waals surface area contributed by atoms with Crippen LogP contribution in [0.4, 0.5) is 0 Å². The van der Waals surface area contributed by atoms with E-state index in [4.69, 9.17) is 0 Å². The lowest BCUT2D eigenvalue weighted by Gasteiger charge is -2.09. The minimum Gasteiger partial charge on any atom is -0.212 e. The van der Waals surface area contributed by atoms with Crippen molar-refractivity contribution in [2.24, 2.45) is 0 Å². The summed E-state index contributed by atoms with van der Waals surface area (Å²) in [5, 5.41) is 0. The maximum absolute atomic E-state index is 11.0. The molecule has 10 nitrogen and oxygen atoms in total. The standard InChI is InChI=1S/2C4H9NO4S2/c2*1-10(6,7)5-3-2-4-11(5,8)9/h2*2-4H2,1H3. The first-order valence-corrected chi connectivity index (χ1v) is 13.0. The summed E-state index contributed by atoms with van der Waals surface area (Å²) in [6.07, 6.45) is 2.59. The smallest absolute Gasteiger partial charge is 0.212 e. The van der Waals surface area contributed by atoms with Crippen molar-refractivity contribution in [1.29, 1.82) is 0 Å². The van der Waals surface area contributed by atoms with E-state index in [2.05, 4.69) is 0 Å². The highest BCUT2D eigenvalue weighted by Crippen LogP contribution is 2.17. The quantitative estimate of drug-likeness (QED) is 0.518. The molecule has 0 amide bonds. The van der Waals surface area contributed by atoms with Gasteiger partial charge in [0.15, 0.2) is 0 Å². The van der Waals surface area contributed by atoms with Crippen LogP contribution < -0.4 is 0 Å². The van der Waals surface area contributed by atoms with Crippen LogP contribution in [0.3, 0.4) is 0 Å². The molecule has 0 bridgehead atoms. The predicted molar refractivity (Wildman–Crippen MR) is 79.9 cm³/mol. The normalized spacial score (nSPS) is 25.5. The Bertz CT molecular complexity index is 753. The molecule has 2 aliphatic rings. The number of sulfonamides is 4. The maximum Gasteiger partial charge on any atom is 0.227 e. The van der Waals surface area contributed by atoms with Gasteiger partial charge in [-0.3, -0.25) is 0 Å². The summed E-state index contributed by atoms with van der Waals surface area (Å²) in [5.74, 6) is -0.111. The molecular formula is C8H18N2O8S4. The summed E-state index contributed by atoms with van der Waals surface area (Å²) in [6.45, 7) is 0.197. The van der Waals surface area contributed by atoms with E-state index >= 15 is 0 Å². The van der Waals surface area contributed by atoms with Gasteiger partial charge in [-0.25, -0.2) is 33.7 Å². The molecule has 0 aliphatic carbocycles. The number of hydrogen-bond donors (Lipinski definition) is 0. The molecular weight excluding hydrogens is 380 g/mol. The highest BCUT2D eigenvalue weighted by molar-refractivity contribution is 8.04. The number of hydrogen-bond acceptors (Lipinski definition) is 8. The van der Waals surface area contributed by atoms with E-state index in [1.807, 2.05) is 0 Å². The Kier molecular flexibility index (Phi) is 5.67. The van der Waals surface area contributed by atoms with Gasteiger partial charge >= 0.3 is 0 Å². The van der Waals surface area contributed by atoms with Gasteiger partial charge in [-0.1, -0.05) is 7.42 Å². The largest absolute Gasteiger partial charge is 0.227 e. The maximum atomic E-state index is 11.0. The molecule has 0 unspecified atom stereocenters. The summed E-state index contributed by atoms with van der Waals surface area (Å²) in [7, 11) is -14.1. The molecule has 0 radical (unpaired) electrons. The van der Waals surface area contributed by atoms with Crippen LogP contribution in [0.5, 0.6) is 0 Å². The fraction of sp³-hybridized carbons (Fsp3) is 1.00. The first-order chi connectivity index (χ1) is 9.68. The Morgan fingerprint density at radius 2 is 0.955 bits per heavy atom. The van der Waals surface area contributed by atoms with Crippen LogP contribution in [-0.2, 0) is 40.1 Å². The first-order valence-electron chi connectivity index (χ1n) is 6.09. The molecule has 0 spiro atoms. The summed E-state index contributed by atoms with van der Waals surface area (Å²) in [5.41, 5.74) is 0. The molecule has 132 valence electrons. The molecule has 0 aromatic carbocycles. The minimum atomic E-state index is -3.56. The van der Waals surface area contributed by atoms with Crippen molar-refractivity contribution in [2.45, 2.75) is 12.8 Å². The van der Waals surface area contributed by atoms with Crippen LogP contribution in [0.1, 0.15) is 12.8 Å². The van der Waals surface area contributed by atoms with Crippen LogP contribution >= 0.6 is 0 Å². The lowest BCUT2D eigenvalue weighted by atomic mass is 10.5. The number of rotatable bonds is 2. The SMILES string of the molecule is CS(=O)(=O)N1CCCS1(=O)=O.CS(=O)(=O)N1CCCS1(=O)=O. The Labute approximate surface area is 131 Å². The topological polar surface area (TPSA) is 143 Å². The average molecular weight is 399 g/mol. The second-order valence-corrected chi connectivity index (χ2v) is 13.2. The van der Waals surface area contributed by atoms with Gasteiger partial charge in [-0.15, -0.1) is 0 Å². The van der Waals surface area contributed by atoms with Gasteiger partial charge < -0.3 is 0 Å². The molecule has 2 rings (SSSR count). The van der Waals surface area contributed by atoms with E-state index < -0.39 is 40.1 Å². The lowest BCUT2D eigenvalue weighted by molar-refractivity contribution is 0.521. The third-order valence-corrected chi connectivity index (χ3v) is 10.9. The van der Waals surface area contributed by atoms with Gasteiger partial charge in [0.25, 0.3) is 0 Å². The molecule has 2 heterocycles. The first kappa shape index (κ1) is 19.8. The van der Waals surface area contributed by atoms with Crippen LogP contribution in [0.25, 0.3) is 0 Å². The Morgan fingerprint density at radius 1 is 0.682 bits per heavy atom. The molecule has 0 aromatic heterocycles. The lowest BCUT2D eigenvalue weighted by Crippen LogP contribution is -2.31. The predicted octanol–water partition coefficient (Wildman–Crippen LogP) is -2.04.